The van der Waals surface area contributed by atoms with E-state index in [-0.39, 0.29) is 12.6 Å². The second-order valence-electron chi connectivity index (χ2n) is 2.91. The molecule has 0 aromatic heterocycles. The summed E-state index contributed by atoms with van der Waals surface area (Å²) < 4.78 is 7.34. The van der Waals surface area contributed by atoms with Gasteiger partial charge >= 0.3 is 5.97 Å². The first kappa shape index (κ1) is 13.9. The normalized spacial score (nSPS) is 10.8. The summed E-state index contributed by atoms with van der Waals surface area (Å²) in [6.07, 6.45) is 3.61. The van der Waals surface area contributed by atoms with Gasteiger partial charge in [-0.05, 0) is 50.9 Å². The standard InChI is InChI=1S/C11H9Br3O2/c1-2-3-4-16-11(15)10-8(13)5-7(12)6-9(10)14/h2-3,5-6H,4H2,1H3. The van der Waals surface area contributed by atoms with E-state index in [4.69, 9.17) is 4.74 Å². The summed E-state index contributed by atoms with van der Waals surface area (Å²) in [4.78, 5) is 11.7. The minimum atomic E-state index is -0.357. The lowest BCUT2D eigenvalue weighted by Gasteiger charge is -2.07. The first-order valence-corrected chi connectivity index (χ1v) is 6.87. The molecular weight excluding hydrogens is 404 g/mol. The van der Waals surface area contributed by atoms with Crippen LogP contribution in [0.2, 0.25) is 0 Å². The first-order valence-electron chi connectivity index (χ1n) is 4.49. The van der Waals surface area contributed by atoms with E-state index < -0.39 is 0 Å². The summed E-state index contributed by atoms with van der Waals surface area (Å²) in [6, 6.07) is 3.61. The zero-order chi connectivity index (χ0) is 12.1. The van der Waals surface area contributed by atoms with Gasteiger partial charge in [0.15, 0.2) is 0 Å². The number of carbonyl (C=O) groups is 1. The van der Waals surface area contributed by atoms with Crippen molar-refractivity contribution >= 4 is 53.8 Å². The molecule has 1 rings (SSSR count). The molecular formula is C11H9Br3O2. The monoisotopic (exact) mass is 410 g/mol. The molecule has 0 bridgehead atoms. The smallest absolute Gasteiger partial charge is 0.340 e. The Kier molecular flexibility index (Phi) is 5.72. The van der Waals surface area contributed by atoms with Gasteiger partial charge in [-0.15, -0.1) is 0 Å². The maximum absolute atomic E-state index is 11.7. The third-order valence-corrected chi connectivity index (χ3v) is 3.47. The predicted molar refractivity (Wildman–Crippen MR) is 74.6 cm³/mol. The Labute approximate surface area is 119 Å². The van der Waals surface area contributed by atoms with Crippen LogP contribution < -0.4 is 0 Å². The molecule has 0 amide bonds. The van der Waals surface area contributed by atoms with Crippen molar-refractivity contribution in [3.05, 3.63) is 43.3 Å². The zero-order valence-electron chi connectivity index (χ0n) is 8.47. The highest BCUT2D eigenvalue weighted by Crippen LogP contribution is 2.30. The van der Waals surface area contributed by atoms with Crippen molar-refractivity contribution in [1.29, 1.82) is 0 Å². The molecule has 0 saturated heterocycles. The van der Waals surface area contributed by atoms with E-state index in [1.54, 1.807) is 18.2 Å². The molecule has 16 heavy (non-hydrogen) atoms. The van der Waals surface area contributed by atoms with Crippen LogP contribution in [0.4, 0.5) is 0 Å². The van der Waals surface area contributed by atoms with Gasteiger partial charge in [0.2, 0.25) is 0 Å². The second-order valence-corrected chi connectivity index (χ2v) is 5.54. The molecule has 0 N–H and O–H groups in total. The summed E-state index contributed by atoms with van der Waals surface area (Å²) >= 11 is 9.99. The van der Waals surface area contributed by atoms with Crippen LogP contribution in [0.1, 0.15) is 17.3 Å². The van der Waals surface area contributed by atoms with E-state index in [0.29, 0.717) is 14.5 Å². The van der Waals surface area contributed by atoms with Gasteiger partial charge in [-0.1, -0.05) is 28.1 Å². The highest BCUT2D eigenvalue weighted by molar-refractivity contribution is 9.11. The summed E-state index contributed by atoms with van der Waals surface area (Å²) in [6.45, 7) is 2.16. The third-order valence-electron chi connectivity index (χ3n) is 1.76. The fourth-order valence-corrected chi connectivity index (χ4v) is 3.61. The van der Waals surface area contributed by atoms with Gasteiger partial charge in [-0.2, -0.15) is 0 Å². The van der Waals surface area contributed by atoms with Crippen molar-refractivity contribution in [3.8, 4) is 0 Å². The molecule has 0 aliphatic rings. The molecule has 0 fully saturated rings. The number of halogens is 3. The summed E-state index contributed by atoms with van der Waals surface area (Å²) in [5, 5.41) is 0. The highest BCUT2D eigenvalue weighted by Gasteiger charge is 2.15. The molecule has 0 saturated carbocycles. The number of carbonyl (C=O) groups excluding carboxylic acids is 1. The Morgan fingerprint density at radius 3 is 2.38 bits per heavy atom. The number of esters is 1. The van der Waals surface area contributed by atoms with Gasteiger partial charge in [0, 0.05) is 13.4 Å². The number of ether oxygens (including phenoxy) is 1. The lowest BCUT2D eigenvalue weighted by Crippen LogP contribution is -2.07. The summed E-state index contributed by atoms with van der Waals surface area (Å²) in [7, 11) is 0. The van der Waals surface area contributed by atoms with Gasteiger partial charge in [0.25, 0.3) is 0 Å². The van der Waals surface area contributed by atoms with Crippen LogP contribution in [0.3, 0.4) is 0 Å². The number of rotatable bonds is 3. The molecule has 0 spiro atoms. The van der Waals surface area contributed by atoms with Gasteiger partial charge in [-0.3, -0.25) is 0 Å². The molecule has 0 heterocycles. The SMILES string of the molecule is CC=CCOC(=O)c1c(Br)cc(Br)cc1Br. The summed E-state index contributed by atoms with van der Waals surface area (Å²) in [5.74, 6) is -0.357. The van der Waals surface area contributed by atoms with E-state index in [2.05, 4.69) is 47.8 Å². The van der Waals surface area contributed by atoms with E-state index >= 15 is 0 Å². The molecule has 5 heteroatoms. The number of benzene rings is 1. The maximum Gasteiger partial charge on any atom is 0.340 e. The van der Waals surface area contributed by atoms with Gasteiger partial charge in [-0.25, -0.2) is 4.79 Å². The molecule has 0 unspecified atom stereocenters. The average molecular weight is 413 g/mol. The highest BCUT2D eigenvalue weighted by atomic mass is 79.9. The Balaban J connectivity index is 2.91. The van der Waals surface area contributed by atoms with Crippen LogP contribution in [0.15, 0.2) is 37.7 Å². The lowest BCUT2D eigenvalue weighted by atomic mass is 10.2. The molecule has 0 atom stereocenters. The predicted octanol–water partition coefficient (Wildman–Crippen LogP) is 4.71. The second kappa shape index (κ2) is 6.57. The van der Waals surface area contributed by atoms with E-state index in [1.807, 2.05) is 13.0 Å². The molecule has 1 aromatic carbocycles. The van der Waals surface area contributed by atoms with Crippen LogP contribution in [0.5, 0.6) is 0 Å². The minimum absolute atomic E-state index is 0.282. The van der Waals surface area contributed by atoms with Crippen molar-refractivity contribution in [1.82, 2.24) is 0 Å². The quantitative estimate of drug-likeness (QED) is 0.531. The molecule has 0 aliphatic heterocycles. The first-order chi connectivity index (χ1) is 7.56. The minimum Gasteiger partial charge on any atom is -0.458 e. The fraction of sp³-hybridized carbons (Fsp3) is 0.182. The van der Waals surface area contributed by atoms with E-state index in [1.165, 1.54) is 0 Å². The van der Waals surface area contributed by atoms with E-state index in [0.717, 1.165) is 4.47 Å². The third kappa shape index (κ3) is 3.71. The molecule has 0 radical (unpaired) electrons. The fourth-order valence-electron chi connectivity index (χ4n) is 1.03. The molecule has 86 valence electrons. The Morgan fingerprint density at radius 2 is 1.88 bits per heavy atom. The van der Waals surface area contributed by atoms with Crippen LogP contribution in [0, 0.1) is 0 Å². The van der Waals surface area contributed by atoms with Gasteiger partial charge < -0.3 is 4.74 Å². The van der Waals surface area contributed by atoms with Crippen molar-refractivity contribution < 1.29 is 9.53 Å². The summed E-state index contributed by atoms with van der Waals surface area (Å²) in [5.41, 5.74) is 0.493. The number of allylic oxidation sites excluding steroid dienone is 1. The van der Waals surface area contributed by atoms with Gasteiger partial charge in [0.1, 0.15) is 6.61 Å². The van der Waals surface area contributed by atoms with Crippen molar-refractivity contribution in [3.63, 3.8) is 0 Å². The molecule has 2 nitrogen and oxygen atoms in total. The number of hydrogen-bond acceptors (Lipinski definition) is 2. The lowest BCUT2D eigenvalue weighted by molar-refractivity contribution is 0.0547. The topological polar surface area (TPSA) is 26.3 Å². The molecule has 1 aromatic rings. The maximum atomic E-state index is 11.7. The molecule has 0 aliphatic carbocycles. The van der Waals surface area contributed by atoms with Crippen molar-refractivity contribution in [2.75, 3.05) is 6.61 Å². The van der Waals surface area contributed by atoms with Crippen LogP contribution >= 0.6 is 47.8 Å². The number of hydrogen-bond donors (Lipinski definition) is 0. The Bertz CT molecular complexity index is 404. The average Bonchev–Trinajstić information content (AvgIpc) is 2.16. The van der Waals surface area contributed by atoms with Crippen molar-refractivity contribution in [2.45, 2.75) is 6.92 Å². The van der Waals surface area contributed by atoms with E-state index in [9.17, 15) is 4.79 Å². The zero-order valence-corrected chi connectivity index (χ0v) is 13.2. The Hall–Kier alpha value is -0.130. The van der Waals surface area contributed by atoms with Crippen molar-refractivity contribution in [2.24, 2.45) is 0 Å². The van der Waals surface area contributed by atoms with Crippen LogP contribution in [0.25, 0.3) is 0 Å². The Morgan fingerprint density at radius 1 is 1.31 bits per heavy atom. The largest absolute Gasteiger partial charge is 0.458 e. The van der Waals surface area contributed by atoms with Crippen LogP contribution in [-0.2, 0) is 4.74 Å². The van der Waals surface area contributed by atoms with Gasteiger partial charge in [0.05, 0.1) is 5.56 Å². The van der Waals surface area contributed by atoms with Crippen LogP contribution in [-0.4, -0.2) is 12.6 Å².